The summed E-state index contributed by atoms with van der Waals surface area (Å²) in [5.74, 6) is -0.352. The predicted molar refractivity (Wildman–Crippen MR) is 116 cm³/mol. The zero-order chi connectivity index (χ0) is 21.6. The van der Waals surface area contributed by atoms with E-state index in [9.17, 15) is 9.59 Å². The highest BCUT2D eigenvalue weighted by Gasteiger charge is 2.16. The van der Waals surface area contributed by atoms with Gasteiger partial charge in [0.25, 0.3) is 5.56 Å². The van der Waals surface area contributed by atoms with E-state index in [1.54, 1.807) is 28.7 Å². The van der Waals surface area contributed by atoms with Crippen LogP contribution in [0, 0.1) is 13.8 Å². The first kappa shape index (κ1) is 19.9. The molecule has 2 aromatic carbocycles. The lowest BCUT2D eigenvalue weighted by atomic mass is 10.1. The Morgan fingerprint density at radius 2 is 2.00 bits per heavy atom. The summed E-state index contributed by atoms with van der Waals surface area (Å²) in [6.45, 7) is 5.48. The summed E-state index contributed by atoms with van der Waals surface area (Å²) in [6, 6.07) is 9.01. The van der Waals surface area contributed by atoms with Crippen LogP contribution < -0.4 is 19.6 Å². The third-order valence-electron chi connectivity index (χ3n) is 5.07. The van der Waals surface area contributed by atoms with Crippen LogP contribution in [0.4, 0.5) is 0 Å². The summed E-state index contributed by atoms with van der Waals surface area (Å²) in [7, 11) is 1.48. The van der Waals surface area contributed by atoms with Crippen LogP contribution in [0.3, 0.4) is 0 Å². The average molecular weight is 424 g/mol. The molecule has 0 amide bonds. The summed E-state index contributed by atoms with van der Waals surface area (Å²) >= 11 is 1.33. The van der Waals surface area contributed by atoms with Crippen molar-refractivity contribution in [3.63, 3.8) is 0 Å². The molecule has 7 nitrogen and oxygen atoms in total. The molecular formula is C22H20N2O5S. The van der Waals surface area contributed by atoms with Gasteiger partial charge in [-0.15, -0.1) is 0 Å². The Balaban J connectivity index is 1.80. The van der Waals surface area contributed by atoms with Crippen molar-refractivity contribution in [2.24, 2.45) is 0 Å². The standard InChI is InChI=1S/C22H20N2O5S/c1-11-5-7-15-19(12(11)2)23-22-24(15)20(25)18(30-22)10-14-6-8-16(17(9-14)28-4)29-13(3)21(26)27/h5-10,13H,1-4H3,(H,26,27)/b18-10+/t13-/m0/s1. The largest absolute Gasteiger partial charge is 0.493 e. The third-order valence-corrected chi connectivity index (χ3v) is 6.04. The maximum absolute atomic E-state index is 13.0. The number of hydrogen-bond acceptors (Lipinski definition) is 6. The van der Waals surface area contributed by atoms with Crippen molar-refractivity contribution in [1.29, 1.82) is 0 Å². The number of methoxy groups -OCH3 is 1. The minimum Gasteiger partial charge on any atom is -0.493 e. The molecule has 30 heavy (non-hydrogen) atoms. The third kappa shape index (κ3) is 3.29. The first-order valence-corrected chi connectivity index (χ1v) is 10.1. The molecule has 0 saturated heterocycles. The number of aliphatic carboxylic acids is 1. The first-order chi connectivity index (χ1) is 14.3. The highest BCUT2D eigenvalue weighted by Crippen LogP contribution is 2.29. The Morgan fingerprint density at radius 3 is 2.70 bits per heavy atom. The summed E-state index contributed by atoms with van der Waals surface area (Å²) in [4.78, 5) is 29.4. The molecule has 1 atom stereocenters. The second-order valence-corrected chi connectivity index (χ2v) is 8.04. The van der Waals surface area contributed by atoms with Gasteiger partial charge in [0.15, 0.2) is 22.6 Å². The summed E-state index contributed by atoms with van der Waals surface area (Å²) in [6.07, 6.45) is 0.758. The molecule has 8 heteroatoms. The second kappa shape index (κ2) is 7.46. The van der Waals surface area contributed by atoms with Gasteiger partial charge < -0.3 is 14.6 Å². The SMILES string of the molecule is COc1cc(/C=c2/sc3nc4c(C)c(C)ccc4n3c2=O)ccc1O[C@@H](C)C(=O)O. The van der Waals surface area contributed by atoms with E-state index in [1.165, 1.54) is 25.4 Å². The van der Waals surface area contributed by atoms with Gasteiger partial charge in [0.1, 0.15) is 0 Å². The van der Waals surface area contributed by atoms with Crippen molar-refractivity contribution in [1.82, 2.24) is 9.38 Å². The molecule has 154 valence electrons. The van der Waals surface area contributed by atoms with Gasteiger partial charge in [0.05, 0.1) is 22.7 Å². The smallest absolute Gasteiger partial charge is 0.344 e. The molecule has 2 aromatic heterocycles. The van der Waals surface area contributed by atoms with E-state index in [1.807, 2.05) is 26.0 Å². The maximum Gasteiger partial charge on any atom is 0.344 e. The van der Waals surface area contributed by atoms with Crippen LogP contribution in [0.1, 0.15) is 23.6 Å². The van der Waals surface area contributed by atoms with E-state index in [0.29, 0.717) is 21.0 Å². The first-order valence-electron chi connectivity index (χ1n) is 9.30. The van der Waals surface area contributed by atoms with E-state index in [2.05, 4.69) is 4.98 Å². The van der Waals surface area contributed by atoms with Gasteiger partial charge in [-0.2, -0.15) is 0 Å². The lowest BCUT2D eigenvalue weighted by Gasteiger charge is -2.14. The minimum absolute atomic E-state index is 0.125. The molecule has 0 aliphatic carbocycles. The number of fused-ring (bicyclic) bond motifs is 3. The second-order valence-electron chi connectivity index (χ2n) is 7.03. The van der Waals surface area contributed by atoms with Crippen LogP contribution >= 0.6 is 11.3 Å². The molecule has 2 heterocycles. The van der Waals surface area contributed by atoms with Gasteiger partial charge >= 0.3 is 5.97 Å². The topological polar surface area (TPSA) is 90.1 Å². The number of rotatable bonds is 5. The number of carbonyl (C=O) groups is 1. The number of carboxylic acids is 1. The maximum atomic E-state index is 13.0. The molecule has 0 unspecified atom stereocenters. The molecule has 0 saturated carbocycles. The Morgan fingerprint density at radius 1 is 1.23 bits per heavy atom. The Kier molecular flexibility index (Phi) is 4.95. The number of ether oxygens (including phenoxy) is 2. The number of nitrogens with zero attached hydrogens (tertiary/aromatic N) is 2. The van der Waals surface area contributed by atoms with Gasteiger partial charge in [-0.05, 0) is 61.7 Å². The van der Waals surface area contributed by atoms with Crippen LogP contribution in [-0.2, 0) is 4.79 Å². The van der Waals surface area contributed by atoms with Crippen LogP contribution in [0.5, 0.6) is 11.5 Å². The molecule has 4 rings (SSSR count). The molecule has 1 N–H and O–H groups in total. The number of imidazole rings is 1. The fraction of sp³-hybridized carbons (Fsp3) is 0.227. The van der Waals surface area contributed by atoms with Gasteiger partial charge in [0, 0.05) is 0 Å². The Bertz CT molecular complexity index is 1400. The lowest BCUT2D eigenvalue weighted by Crippen LogP contribution is -2.23. The Labute approximate surface area is 175 Å². The molecule has 0 radical (unpaired) electrons. The van der Waals surface area contributed by atoms with Crippen LogP contribution in [0.2, 0.25) is 0 Å². The number of hydrogen-bond donors (Lipinski definition) is 1. The molecule has 4 aromatic rings. The van der Waals surface area contributed by atoms with E-state index in [0.717, 1.165) is 27.7 Å². The molecule has 0 aliphatic rings. The summed E-state index contributed by atoms with van der Waals surface area (Å²) in [5.41, 5.74) is 4.47. The van der Waals surface area contributed by atoms with Crippen molar-refractivity contribution >= 4 is 39.4 Å². The average Bonchev–Trinajstić information content (AvgIpc) is 3.23. The van der Waals surface area contributed by atoms with Gasteiger partial charge in [0.2, 0.25) is 0 Å². The molecule has 0 bridgehead atoms. The van der Waals surface area contributed by atoms with Crippen LogP contribution in [-0.4, -0.2) is 33.7 Å². The monoisotopic (exact) mass is 424 g/mol. The number of aromatic nitrogens is 2. The van der Waals surface area contributed by atoms with Crippen LogP contribution in [0.25, 0.3) is 22.1 Å². The number of thiazole rings is 1. The van der Waals surface area contributed by atoms with E-state index < -0.39 is 12.1 Å². The molecule has 0 fully saturated rings. The summed E-state index contributed by atoms with van der Waals surface area (Å²) < 4.78 is 12.9. The van der Waals surface area contributed by atoms with Gasteiger partial charge in [-0.25, -0.2) is 14.2 Å². The molecular weight excluding hydrogens is 404 g/mol. The zero-order valence-electron chi connectivity index (χ0n) is 16.9. The number of benzene rings is 2. The van der Waals surface area contributed by atoms with Crippen molar-refractivity contribution in [2.45, 2.75) is 26.9 Å². The van der Waals surface area contributed by atoms with Gasteiger partial charge in [-0.3, -0.25) is 4.79 Å². The lowest BCUT2D eigenvalue weighted by molar-refractivity contribution is -0.144. The summed E-state index contributed by atoms with van der Waals surface area (Å²) in [5, 5.41) is 9.03. The van der Waals surface area contributed by atoms with E-state index in [4.69, 9.17) is 14.6 Å². The number of carboxylic acid groups (broad SMARTS) is 1. The zero-order valence-corrected chi connectivity index (χ0v) is 17.7. The fourth-order valence-corrected chi connectivity index (χ4v) is 4.21. The molecule has 0 aliphatic heterocycles. The number of aryl methyl sites for hydroxylation is 2. The van der Waals surface area contributed by atoms with Crippen LogP contribution in [0.15, 0.2) is 35.1 Å². The van der Waals surface area contributed by atoms with Crippen molar-refractivity contribution in [3.05, 3.63) is 61.9 Å². The quantitative estimate of drug-likeness (QED) is 0.530. The highest BCUT2D eigenvalue weighted by atomic mass is 32.1. The van der Waals surface area contributed by atoms with E-state index in [-0.39, 0.29) is 5.56 Å². The predicted octanol–water partition coefficient (Wildman–Crippen LogP) is 2.93. The normalized spacial score (nSPS) is 13.1. The van der Waals surface area contributed by atoms with Crippen molar-refractivity contribution in [3.8, 4) is 11.5 Å². The van der Waals surface area contributed by atoms with Crippen molar-refractivity contribution < 1.29 is 19.4 Å². The Hall–Kier alpha value is -3.39. The minimum atomic E-state index is -1.07. The fourth-order valence-electron chi connectivity index (χ4n) is 3.23. The molecule has 0 spiro atoms. The van der Waals surface area contributed by atoms with Gasteiger partial charge in [-0.1, -0.05) is 23.5 Å². The van der Waals surface area contributed by atoms with E-state index >= 15 is 0 Å². The van der Waals surface area contributed by atoms with Crippen molar-refractivity contribution in [2.75, 3.05) is 7.11 Å². The highest BCUT2D eigenvalue weighted by molar-refractivity contribution is 7.15.